The van der Waals surface area contributed by atoms with Crippen molar-refractivity contribution in [2.24, 2.45) is 0 Å². The van der Waals surface area contributed by atoms with Crippen molar-refractivity contribution in [1.29, 1.82) is 0 Å². The average molecular weight is 366 g/mol. The third-order valence-electron chi connectivity index (χ3n) is 3.72. The van der Waals surface area contributed by atoms with Crippen LogP contribution in [0.4, 0.5) is 4.79 Å². The van der Waals surface area contributed by atoms with Crippen LogP contribution in [0.5, 0.6) is 0 Å². The smallest absolute Gasteiger partial charge is 0.410 e. The number of carbonyl (C=O) groups excluding carboxylic acids is 1. The van der Waals surface area contributed by atoms with Gasteiger partial charge in [0.2, 0.25) is 10.0 Å². The largest absolute Gasteiger partial charge is 0.444 e. The first-order valence-corrected chi connectivity index (χ1v) is 9.93. The third-order valence-corrected chi connectivity index (χ3v) is 4.87. The number of likely N-dealkylation sites (tertiary alicyclic amines) is 1. The summed E-state index contributed by atoms with van der Waals surface area (Å²) >= 11 is 0. The Balaban J connectivity index is 1.85. The van der Waals surface area contributed by atoms with Gasteiger partial charge in [-0.15, -0.1) is 0 Å². The van der Waals surface area contributed by atoms with Gasteiger partial charge in [0, 0.05) is 24.5 Å². The molecule has 7 heteroatoms. The van der Waals surface area contributed by atoms with E-state index in [-0.39, 0.29) is 12.1 Å². The molecule has 1 aromatic carbocycles. The zero-order valence-corrected chi connectivity index (χ0v) is 15.8. The summed E-state index contributed by atoms with van der Waals surface area (Å²) in [4.78, 5) is 13.6. The van der Waals surface area contributed by atoms with Crippen LogP contribution in [0, 0.1) is 0 Å². The van der Waals surface area contributed by atoms with Gasteiger partial charge in [0.15, 0.2) is 0 Å². The minimum absolute atomic E-state index is 0.177. The Morgan fingerprint density at radius 2 is 1.80 bits per heavy atom. The molecule has 0 aliphatic carbocycles. The summed E-state index contributed by atoms with van der Waals surface area (Å²) in [6.07, 6.45) is 2.35. The number of ether oxygens (including phenoxy) is 1. The summed E-state index contributed by atoms with van der Waals surface area (Å²) in [5, 5.41) is 1.18. The molecule has 0 bridgehead atoms. The predicted octanol–water partition coefficient (Wildman–Crippen LogP) is 2.98. The van der Waals surface area contributed by atoms with Gasteiger partial charge in [0.25, 0.3) is 0 Å². The number of benzene rings is 1. The Morgan fingerprint density at radius 3 is 2.36 bits per heavy atom. The SMILES string of the molecule is CC(C)(C)OC(=O)N1CCC(NS(=O)(=O)/C=C/c2ccccc2)CC1. The second kappa shape index (κ2) is 8.01. The van der Waals surface area contributed by atoms with Gasteiger partial charge < -0.3 is 9.64 Å². The summed E-state index contributed by atoms with van der Waals surface area (Å²) in [5.74, 6) is 0. The maximum Gasteiger partial charge on any atom is 0.410 e. The lowest BCUT2D eigenvalue weighted by Crippen LogP contribution is -2.47. The van der Waals surface area contributed by atoms with E-state index in [4.69, 9.17) is 4.74 Å². The maximum atomic E-state index is 12.2. The van der Waals surface area contributed by atoms with Crippen molar-refractivity contribution in [1.82, 2.24) is 9.62 Å². The van der Waals surface area contributed by atoms with E-state index in [9.17, 15) is 13.2 Å². The molecule has 0 atom stereocenters. The summed E-state index contributed by atoms with van der Waals surface area (Å²) in [5.41, 5.74) is 0.296. The first kappa shape index (κ1) is 19.5. The van der Waals surface area contributed by atoms with Crippen LogP contribution in [0.1, 0.15) is 39.2 Å². The number of sulfonamides is 1. The Hall–Kier alpha value is -1.86. The lowest BCUT2D eigenvalue weighted by atomic mass is 10.1. The average Bonchev–Trinajstić information content (AvgIpc) is 2.53. The van der Waals surface area contributed by atoms with Gasteiger partial charge in [0.1, 0.15) is 5.60 Å². The van der Waals surface area contributed by atoms with E-state index < -0.39 is 15.6 Å². The number of rotatable bonds is 4. The number of nitrogens with zero attached hydrogens (tertiary/aromatic N) is 1. The highest BCUT2D eigenvalue weighted by Gasteiger charge is 2.28. The zero-order valence-electron chi connectivity index (χ0n) is 14.9. The normalized spacial score (nSPS) is 17.0. The van der Waals surface area contributed by atoms with E-state index in [1.165, 1.54) is 5.41 Å². The van der Waals surface area contributed by atoms with E-state index in [2.05, 4.69) is 4.72 Å². The van der Waals surface area contributed by atoms with Crippen LogP contribution >= 0.6 is 0 Å². The number of hydrogen-bond donors (Lipinski definition) is 1. The minimum Gasteiger partial charge on any atom is -0.444 e. The fraction of sp³-hybridized carbons (Fsp3) is 0.500. The van der Waals surface area contributed by atoms with Crippen molar-refractivity contribution in [3.63, 3.8) is 0 Å². The molecule has 0 aromatic heterocycles. The molecule has 2 rings (SSSR count). The Bertz CT molecular complexity index is 700. The molecule has 138 valence electrons. The number of piperidine rings is 1. The van der Waals surface area contributed by atoms with Crippen molar-refractivity contribution < 1.29 is 17.9 Å². The fourth-order valence-electron chi connectivity index (χ4n) is 2.51. The highest BCUT2D eigenvalue weighted by Crippen LogP contribution is 2.16. The molecule has 25 heavy (non-hydrogen) atoms. The number of carbonyl (C=O) groups is 1. The van der Waals surface area contributed by atoms with Crippen LogP contribution in [0.2, 0.25) is 0 Å². The predicted molar refractivity (Wildman–Crippen MR) is 98.4 cm³/mol. The molecule has 1 aliphatic heterocycles. The molecule has 1 fully saturated rings. The van der Waals surface area contributed by atoms with E-state index in [0.717, 1.165) is 5.56 Å². The summed E-state index contributed by atoms with van der Waals surface area (Å²) in [7, 11) is -3.51. The summed E-state index contributed by atoms with van der Waals surface area (Å²) in [6.45, 7) is 6.43. The summed E-state index contributed by atoms with van der Waals surface area (Å²) in [6, 6.07) is 9.08. The number of hydrogen-bond acceptors (Lipinski definition) is 4. The highest BCUT2D eigenvalue weighted by atomic mass is 32.2. The molecule has 0 radical (unpaired) electrons. The lowest BCUT2D eigenvalue weighted by molar-refractivity contribution is 0.0204. The molecule has 0 spiro atoms. The van der Waals surface area contributed by atoms with Crippen LogP contribution in [0.25, 0.3) is 6.08 Å². The molecule has 1 amide bonds. The van der Waals surface area contributed by atoms with Gasteiger partial charge in [-0.2, -0.15) is 0 Å². The standard InChI is InChI=1S/C18H26N2O4S/c1-18(2,3)24-17(21)20-12-9-16(10-13-20)19-25(22,23)14-11-15-7-5-4-6-8-15/h4-8,11,14,16,19H,9-10,12-13H2,1-3H3/b14-11+. The quantitative estimate of drug-likeness (QED) is 0.889. The van der Waals surface area contributed by atoms with E-state index in [1.807, 2.05) is 51.1 Å². The van der Waals surface area contributed by atoms with Crippen molar-refractivity contribution in [2.75, 3.05) is 13.1 Å². The minimum atomic E-state index is -3.51. The molecule has 1 N–H and O–H groups in total. The lowest BCUT2D eigenvalue weighted by Gasteiger charge is -2.33. The van der Waals surface area contributed by atoms with Gasteiger partial charge in [-0.3, -0.25) is 0 Å². The first-order chi connectivity index (χ1) is 11.6. The van der Waals surface area contributed by atoms with Crippen LogP contribution in [-0.4, -0.2) is 44.1 Å². The Labute approximate surface area is 149 Å². The molecular weight excluding hydrogens is 340 g/mol. The number of nitrogens with one attached hydrogen (secondary N) is 1. The molecule has 1 aliphatic rings. The van der Waals surface area contributed by atoms with E-state index in [0.29, 0.717) is 25.9 Å². The monoisotopic (exact) mass is 366 g/mol. The van der Waals surface area contributed by atoms with E-state index in [1.54, 1.807) is 11.0 Å². The Kier molecular flexibility index (Phi) is 6.24. The van der Waals surface area contributed by atoms with Gasteiger partial charge >= 0.3 is 6.09 Å². The second-order valence-corrected chi connectivity index (χ2v) is 8.72. The Morgan fingerprint density at radius 1 is 1.20 bits per heavy atom. The van der Waals surface area contributed by atoms with Crippen molar-refractivity contribution in [3.05, 3.63) is 41.3 Å². The molecule has 1 aromatic rings. The van der Waals surface area contributed by atoms with Crippen LogP contribution < -0.4 is 4.72 Å². The van der Waals surface area contributed by atoms with Gasteiger partial charge in [-0.1, -0.05) is 30.3 Å². The van der Waals surface area contributed by atoms with E-state index >= 15 is 0 Å². The molecule has 6 nitrogen and oxygen atoms in total. The van der Waals surface area contributed by atoms with Gasteiger partial charge in [-0.05, 0) is 45.3 Å². The van der Waals surface area contributed by atoms with Gasteiger partial charge in [0.05, 0.1) is 0 Å². The van der Waals surface area contributed by atoms with Crippen molar-refractivity contribution in [3.8, 4) is 0 Å². The zero-order chi connectivity index (χ0) is 18.5. The first-order valence-electron chi connectivity index (χ1n) is 8.38. The fourth-order valence-corrected chi connectivity index (χ4v) is 3.63. The van der Waals surface area contributed by atoms with Crippen molar-refractivity contribution >= 4 is 22.2 Å². The molecule has 1 heterocycles. The van der Waals surface area contributed by atoms with Crippen molar-refractivity contribution in [2.45, 2.75) is 45.3 Å². The highest BCUT2D eigenvalue weighted by molar-refractivity contribution is 7.92. The third kappa shape index (κ3) is 6.88. The number of amides is 1. The van der Waals surface area contributed by atoms with Crippen LogP contribution in [0.3, 0.4) is 0 Å². The summed E-state index contributed by atoms with van der Waals surface area (Å²) < 4.78 is 32.4. The molecule has 0 unspecified atom stereocenters. The second-order valence-electron chi connectivity index (χ2n) is 7.12. The van der Waals surface area contributed by atoms with Gasteiger partial charge in [-0.25, -0.2) is 17.9 Å². The topological polar surface area (TPSA) is 75.7 Å². The molecule has 1 saturated heterocycles. The van der Waals surface area contributed by atoms with Crippen LogP contribution in [-0.2, 0) is 14.8 Å². The molecular formula is C18H26N2O4S. The molecule has 0 saturated carbocycles. The maximum absolute atomic E-state index is 12.2. The van der Waals surface area contributed by atoms with Crippen LogP contribution in [0.15, 0.2) is 35.7 Å².